The first-order valence-electron chi connectivity index (χ1n) is 8.15. The van der Waals surface area contributed by atoms with Crippen LogP contribution in [0.5, 0.6) is 0 Å². The molecule has 124 valence electrons. The molecule has 2 aromatic rings. The van der Waals surface area contributed by atoms with E-state index in [2.05, 4.69) is 78.3 Å². The molecule has 0 fully saturated rings. The summed E-state index contributed by atoms with van der Waals surface area (Å²) >= 11 is -0.445. The smallest absolute Gasteiger partial charge is 1.00 e. The van der Waals surface area contributed by atoms with Gasteiger partial charge in [0.1, 0.15) is 0 Å². The fourth-order valence-corrected chi connectivity index (χ4v) is 7.02. The van der Waals surface area contributed by atoms with E-state index in [9.17, 15) is 0 Å². The summed E-state index contributed by atoms with van der Waals surface area (Å²) in [6, 6.07) is 18.0. The molecule has 0 amide bonds. The zero-order valence-corrected chi connectivity index (χ0v) is 21.0. The van der Waals surface area contributed by atoms with Gasteiger partial charge in [0, 0.05) is 0 Å². The Labute approximate surface area is 176 Å². The molecular formula is C20H22Cl2GeZr. The van der Waals surface area contributed by atoms with Gasteiger partial charge >= 0.3 is 153 Å². The Morgan fingerprint density at radius 1 is 0.875 bits per heavy atom. The molecule has 0 spiro atoms. The predicted octanol–water partition coefficient (Wildman–Crippen LogP) is -1.06. The third kappa shape index (κ3) is 4.76. The van der Waals surface area contributed by atoms with Gasteiger partial charge in [-0.1, -0.05) is 0 Å². The van der Waals surface area contributed by atoms with Crippen LogP contribution in [0.15, 0.2) is 70.0 Å². The molecule has 4 rings (SSSR count). The van der Waals surface area contributed by atoms with Crippen LogP contribution in [-0.2, 0) is 23.2 Å². The SMILES string of the molecule is C1=CC[C]([Zr+2][CH]2c3ccccc3-c3ccccc32)=C1.[CH3][GeH2][CH3].[Cl-].[Cl-]. The van der Waals surface area contributed by atoms with Crippen molar-refractivity contribution in [1.82, 2.24) is 0 Å². The number of allylic oxidation sites excluding steroid dienone is 4. The van der Waals surface area contributed by atoms with E-state index in [1.807, 2.05) is 0 Å². The van der Waals surface area contributed by atoms with Crippen molar-refractivity contribution in [3.05, 3.63) is 81.2 Å². The molecule has 0 heterocycles. The Bertz CT molecular complexity index is 680. The van der Waals surface area contributed by atoms with Crippen molar-refractivity contribution in [2.24, 2.45) is 0 Å². The fourth-order valence-electron chi connectivity index (χ4n) is 3.05. The summed E-state index contributed by atoms with van der Waals surface area (Å²) in [5, 5.41) is 0. The molecule has 0 atom stereocenters. The summed E-state index contributed by atoms with van der Waals surface area (Å²) in [4.78, 5) is 0. The van der Waals surface area contributed by atoms with Crippen LogP contribution in [-0.4, -0.2) is 15.4 Å². The Balaban J connectivity index is 0.000000539. The summed E-state index contributed by atoms with van der Waals surface area (Å²) < 4.78 is 2.43. The molecule has 2 aliphatic rings. The molecule has 0 saturated carbocycles. The first-order valence-corrected chi connectivity index (χ1v) is 16.7. The monoisotopic (exact) mass is 496 g/mol. The molecule has 0 N–H and O–H groups in total. The number of fused-ring (bicyclic) bond motifs is 3. The van der Waals surface area contributed by atoms with Crippen molar-refractivity contribution in [1.29, 1.82) is 0 Å². The largest absolute Gasteiger partial charge is 1.00 e. The minimum Gasteiger partial charge on any atom is -1.00 e. The van der Waals surface area contributed by atoms with Crippen LogP contribution in [0.4, 0.5) is 0 Å². The summed E-state index contributed by atoms with van der Waals surface area (Å²) in [6.07, 6.45) is 8.08. The van der Waals surface area contributed by atoms with E-state index >= 15 is 0 Å². The second-order valence-electron chi connectivity index (χ2n) is 5.78. The van der Waals surface area contributed by atoms with Crippen LogP contribution in [0, 0.1) is 0 Å². The fraction of sp³-hybridized carbons (Fsp3) is 0.200. The first-order chi connectivity index (χ1) is 10.8. The zero-order valence-electron chi connectivity index (χ0n) is 14.1. The number of hydrogen-bond donors (Lipinski definition) is 0. The minimum atomic E-state index is -0.570. The van der Waals surface area contributed by atoms with Crippen LogP contribution >= 0.6 is 0 Å². The van der Waals surface area contributed by atoms with E-state index in [1.165, 1.54) is 17.5 Å². The van der Waals surface area contributed by atoms with E-state index in [-0.39, 0.29) is 40.2 Å². The normalized spacial score (nSPS) is 13.3. The first kappa shape index (κ1) is 22.0. The second-order valence-corrected chi connectivity index (χ2v) is 12.5. The molecule has 0 nitrogen and oxygen atoms in total. The Morgan fingerprint density at radius 3 is 1.83 bits per heavy atom. The topological polar surface area (TPSA) is 0 Å². The van der Waals surface area contributed by atoms with Crippen molar-refractivity contribution < 1.29 is 48.0 Å². The van der Waals surface area contributed by atoms with Crippen LogP contribution < -0.4 is 24.8 Å². The van der Waals surface area contributed by atoms with Gasteiger partial charge in [0.05, 0.1) is 0 Å². The van der Waals surface area contributed by atoms with E-state index in [4.69, 9.17) is 0 Å². The number of halogens is 2. The molecule has 0 unspecified atom stereocenters. The standard InChI is InChI=1S/C13H9.C5H5.C2H8Ge.2ClH.Zr/c1-3-7-12-10(5-1)9-11-6-2-4-8-13(11)12;1-2-4-5-3-1;1-3-2;;;/h1-9H;1-3H,4H2;3H2,1-2H3;2*1H;/q;;;;;+2/p-2. The Hall–Kier alpha value is -0.0740. The van der Waals surface area contributed by atoms with E-state index in [0.29, 0.717) is 3.63 Å². The molecule has 2 aliphatic carbocycles. The Kier molecular flexibility index (Phi) is 9.90. The van der Waals surface area contributed by atoms with Gasteiger partial charge in [0.15, 0.2) is 0 Å². The van der Waals surface area contributed by atoms with E-state index in [0.717, 1.165) is 0 Å². The molecule has 0 radical (unpaired) electrons. The predicted molar refractivity (Wildman–Crippen MR) is 95.8 cm³/mol. The van der Waals surface area contributed by atoms with Gasteiger partial charge in [-0.2, -0.15) is 0 Å². The molecule has 2 aromatic carbocycles. The molecule has 0 bridgehead atoms. The molecule has 0 aliphatic heterocycles. The van der Waals surface area contributed by atoms with Crippen molar-refractivity contribution in [2.75, 3.05) is 0 Å². The summed E-state index contributed by atoms with van der Waals surface area (Å²) in [5.41, 5.74) is 6.08. The van der Waals surface area contributed by atoms with Gasteiger partial charge in [-0.25, -0.2) is 0 Å². The average Bonchev–Trinajstić information content (AvgIpc) is 3.16. The van der Waals surface area contributed by atoms with E-state index < -0.39 is 23.2 Å². The summed E-state index contributed by atoms with van der Waals surface area (Å²) in [6.45, 7) is 0. The quantitative estimate of drug-likeness (QED) is 0.465. The van der Waals surface area contributed by atoms with Crippen molar-refractivity contribution >= 4 is 15.4 Å². The van der Waals surface area contributed by atoms with Crippen molar-refractivity contribution in [3.8, 4) is 11.1 Å². The molecule has 24 heavy (non-hydrogen) atoms. The third-order valence-electron chi connectivity index (χ3n) is 3.93. The number of rotatable bonds is 2. The average molecular weight is 497 g/mol. The van der Waals surface area contributed by atoms with Gasteiger partial charge in [-0.3, -0.25) is 0 Å². The maximum atomic E-state index is 2.36. The van der Waals surface area contributed by atoms with Crippen molar-refractivity contribution in [2.45, 2.75) is 21.6 Å². The van der Waals surface area contributed by atoms with Crippen LogP contribution in [0.3, 0.4) is 0 Å². The van der Waals surface area contributed by atoms with Crippen LogP contribution in [0.2, 0.25) is 11.5 Å². The zero-order chi connectivity index (χ0) is 15.4. The summed E-state index contributed by atoms with van der Waals surface area (Å²) in [5.74, 6) is 4.62. The van der Waals surface area contributed by atoms with Gasteiger partial charge in [0.2, 0.25) is 0 Å². The van der Waals surface area contributed by atoms with Crippen LogP contribution in [0.25, 0.3) is 11.1 Å². The van der Waals surface area contributed by atoms with Gasteiger partial charge in [-0.15, -0.1) is 0 Å². The molecule has 0 saturated heterocycles. The van der Waals surface area contributed by atoms with Crippen molar-refractivity contribution in [3.63, 3.8) is 0 Å². The number of benzene rings is 2. The van der Waals surface area contributed by atoms with Gasteiger partial charge in [-0.05, 0) is 0 Å². The molecule has 0 aromatic heterocycles. The second kappa shape index (κ2) is 10.8. The van der Waals surface area contributed by atoms with Crippen LogP contribution in [0.1, 0.15) is 21.2 Å². The Morgan fingerprint density at radius 2 is 1.38 bits per heavy atom. The van der Waals surface area contributed by atoms with E-state index in [1.54, 1.807) is 14.4 Å². The summed E-state index contributed by atoms with van der Waals surface area (Å²) in [7, 11) is 0. The maximum absolute atomic E-state index is 2.36. The van der Waals surface area contributed by atoms with Gasteiger partial charge in [0.25, 0.3) is 0 Å². The maximum Gasteiger partial charge on any atom is -1.00 e. The molecular weight excluding hydrogens is 475 g/mol. The minimum absolute atomic E-state index is 0. The third-order valence-corrected chi connectivity index (χ3v) is 8.00. The molecule has 4 heteroatoms. The number of hydrogen-bond acceptors (Lipinski definition) is 0. The van der Waals surface area contributed by atoms with Gasteiger partial charge < -0.3 is 24.8 Å².